The summed E-state index contributed by atoms with van der Waals surface area (Å²) in [6.07, 6.45) is 1.18. The van der Waals surface area contributed by atoms with Crippen LogP contribution < -0.4 is 0 Å². The fourth-order valence-electron chi connectivity index (χ4n) is 1.53. The van der Waals surface area contributed by atoms with Crippen LogP contribution in [-0.4, -0.2) is 17.5 Å². The predicted molar refractivity (Wildman–Crippen MR) is 67.0 cm³/mol. The van der Waals surface area contributed by atoms with Gasteiger partial charge in [0.05, 0.1) is 0 Å². The zero-order valence-electron chi connectivity index (χ0n) is 10.7. The van der Waals surface area contributed by atoms with E-state index < -0.39 is 0 Å². The zero-order valence-corrected chi connectivity index (χ0v) is 10.7. The molecule has 0 aliphatic carbocycles. The molecule has 1 nitrogen and oxygen atoms in total. The Kier molecular flexibility index (Phi) is 3.92. The summed E-state index contributed by atoms with van der Waals surface area (Å²) in [6, 6.07) is 8.62. The molecule has 0 radical (unpaired) electrons. The van der Waals surface area contributed by atoms with Crippen molar-refractivity contribution in [2.45, 2.75) is 46.2 Å². The first kappa shape index (κ1) is 12.3. The van der Waals surface area contributed by atoms with Crippen molar-refractivity contribution in [1.82, 2.24) is 4.90 Å². The van der Waals surface area contributed by atoms with E-state index in [-0.39, 0.29) is 5.54 Å². The van der Waals surface area contributed by atoms with Crippen LogP contribution in [-0.2, 0) is 6.54 Å². The lowest BCUT2D eigenvalue weighted by atomic mass is 9.98. The summed E-state index contributed by atoms with van der Waals surface area (Å²) >= 11 is 0. The summed E-state index contributed by atoms with van der Waals surface area (Å²) in [4.78, 5) is 2.43. The summed E-state index contributed by atoms with van der Waals surface area (Å²) in [7, 11) is 2.20. The molecule has 0 bridgehead atoms. The number of hydrogen-bond acceptors (Lipinski definition) is 1. The molecule has 0 spiro atoms. The van der Waals surface area contributed by atoms with E-state index in [1.807, 2.05) is 0 Å². The van der Waals surface area contributed by atoms with Crippen molar-refractivity contribution in [2.24, 2.45) is 0 Å². The molecule has 0 unspecified atom stereocenters. The summed E-state index contributed by atoms with van der Waals surface area (Å²) in [5.74, 6) is 0. The summed E-state index contributed by atoms with van der Waals surface area (Å²) in [5.41, 5.74) is 3.10. The van der Waals surface area contributed by atoms with E-state index in [0.29, 0.717) is 0 Å². The highest BCUT2D eigenvalue weighted by atomic mass is 15.2. The third-order valence-electron chi connectivity index (χ3n) is 3.57. The Hall–Kier alpha value is -0.820. The fourth-order valence-corrected chi connectivity index (χ4v) is 1.53. The normalized spacial score (nSPS) is 12.1. The maximum absolute atomic E-state index is 2.43. The maximum atomic E-state index is 2.43. The van der Waals surface area contributed by atoms with Gasteiger partial charge in [-0.05, 0) is 45.4 Å². The average Bonchev–Trinajstić information content (AvgIpc) is 2.21. The molecule has 0 aliphatic heterocycles. The summed E-state index contributed by atoms with van der Waals surface area (Å²) < 4.78 is 0. The van der Waals surface area contributed by atoms with E-state index in [9.17, 15) is 0 Å². The zero-order chi connectivity index (χ0) is 11.5. The minimum Gasteiger partial charge on any atom is -0.297 e. The topological polar surface area (TPSA) is 3.24 Å². The second-order valence-corrected chi connectivity index (χ2v) is 4.95. The molecule has 0 saturated carbocycles. The highest BCUT2D eigenvalue weighted by Gasteiger charge is 2.21. The van der Waals surface area contributed by atoms with Gasteiger partial charge in [-0.15, -0.1) is 0 Å². The van der Waals surface area contributed by atoms with Crippen LogP contribution in [0.25, 0.3) is 0 Å². The van der Waals surface area contributed by atoms with E-state index in [1.165, 1.54) is 17.5 Å². The third-order valence-corrected chi connectivity index (χ3v) is 3.57. The minimum atomic E-state index is 0.280. The van der Waals surface area contributed by atoms with Crippen LogP contribution in [0.2, 0.25) is 0 Å². The van der Waals surface area contributed by atoms with Crippen molar-refractivity contribution in [3.63, 3.8) is 0 Å². The first-order chi connectivity index (χ1) is 6.97. The third kappa shape index (κ3) is 3.07. The molecular formula is C14H23N. The van der Waals surface area contributed by atoms with Crippen molar-refractivity contribution in [2.75, 3.05) is 7.05 Å². The lowest BCUT2D eigenvalue weighted by Gasteiger charge is -2.35. The van der Waals surface area contributed by atoms with E-state index in [2.05, 4.69) is 63.9 Å². The Morgan fingerprint density at radius 2 is 1.80 bits per heavy atom. The molecule has 15 heavy (non-hydrogen) atoms. The van der Waals surface area contributed by atoms with Crippen LogP contribution in [0.4, 0.5) is 0 Å². The molecule has 0 heterocycles. The fraction of sp³-hybridized carbons (Fsp3) is 0.571. The minimum absolute atomic E-state index is 0.280. The van der Waals surface area contributed by atoms with Gasteiger partial charge in [0.15, 0.2) is 0 Å². The Morgan fingerprint density at radius 1 is 1.20 bits per heavy atom. The van der Waals surface area contributed by atoms with Crippen LogP contribution in [0.15, 0.2) is 24.3 Å². The molecular weight excluding hydrogens is 182 g/mol. The lowest BCUT2D eigenvalue weighted by molar-refractivity contribution is 0.143. The van der Waals surface area contributed by atoms with Crippen molar-refractivity contribution < 1.29 is 0 Å². The molecule has 0 amide bonds. The number of benzene rings is 1. The van der Waals surface area contributed by atoms with Crippen LogP contribution in [0, 0.1) is 6.92 Å². The average molecular weight is 205 g/mol. The van der Waals surface area contributed by atoms with E-state index in [0.717, 1.165) is 6.54 Å². The van der Waals surface area contributed by atoms with Gasteiger partial charge in [0.1, 0.15) is 0 Å². The molecule has 0 aromatic heterocycles. The molecule has 1 heteroatoms. The molecule has 1 rings (SSSR count). The number of rotatable bonds is 4. The molecule has 0 fully saturated rings. The molecule has 0 aliphatic rings. The van der Waals surface area contributed by atoms with Crippen molar-refractivity contribution in [1.29, 1.82) is 0 Å². The van der Waals surface area contributed by atoms with Gasteiger partial charge < -0.3 is 0 Å². The largest absolute Gasteiger partial charge is 0.297 e. The molecule has 0 saturated heterocycles. The maximum Gasteiger partial charge on any atom is 0.0238 e. The van der Waals surface area contributed by atoms with Gasteiger partial charge in [0.2, 0.25) is 0 Å². The molecule has 1 aromatic rings. The van der Waals surface area contributed by atoms with Gasteiger partial charge in [-0.2, -0.15) is 0 Å². The Bertz CT molecular complexity index is 315. The SMILES string of the molecule is CCC(C)(C)N(C)Cc1ccccc1C. The highest BCUT2D eigenvalue weighted by Crippen LogP contribution is 2.20. The number of hydrogen-bond donors (Lipinski definition) is 0. The molecule has 0 N–H and O–H groups in total. The van der Waals surface area contributed by atoms with Crippen molar-refractivity contribution >= 4 is 0 Å². The predicted octanol–water partition coefficient (Wildman–Crippen LogP) is 3.62. The van der Waals surface area contributed by atoms with Gasteiger partial charge in [-0.1, -0.05) is 31.2 Å². The van der Waals surface area contributed by atoms with Crippen LogP contribution in [0.3, 0.4) is 0 Å². The molecule has 84 valence electrons. The van der Waals surface area contributed by atoms with E-state index >= 15 is 0 Å². The van der Waals surface area contributed by atoms with Crippen LogP contribution >= 0.6 is 0 Å². The van der Waals surface area contributed by atoms with Crippen LogP contribution in [0.1, 0.15) is 38.3 Å². The quantitative estimate of drug-likeness (QED) is 0.725. The summed E-state index contributed by atoms with van der Waals surface area (Å²) in [6.45, 7) is 10.1. The van der Waals surface area contributed by atoms with Gasteiger partial charge in [0, 0.05) is 12.1 Å². The van der Waals surface area contributed by atoms with E-state index in [1.54, 1.807) is 0 Å². The lowest BCUT2D eigenvalue weighted by Crippen LogP contribution is -2.39. The smallest absolute Gasteiger partial charge is 0.0238 e. The van der Waals surface area contributed by atoms with Crippen molar-refractivity contribution in [3.05, 3.63) is 35.4 Å². The van der Waals surface area contributed by atoms with Gasteiger partial charge in [-0.25, -0.2) is 0 Å². The van der Waals surface area contributed by atoms with Crippen LogP contribution in [0.5, 0.6) is 0 Å². The second kappa shape index (κ2) is 4.80. The Morgan fingerprint density at radius 3 is 2.33 bits per heavy atom. The second-order valence-electron chi connectivity index (χ2n) is 4.95. The van der Waals surface area contributed by atoms with Crippen molar-refractivity contribution in [3.8, 4) is 0 Å². The Balaban J connectivity index is 2.75. The summed E-state index contributed by atoms with van der Waals surface area (Å²) in [5, 5.41) is 0. The van der Waals surface area contributed by atoms with E-state index in [4.69, 9.17) is 0 Å². The number of nitrogens with zero attached hydrogens (tertiary/aromatic N) is 1. The van der Waals surface area contributed by atoms with Gasteiger partial charge in [0.25, 0.3) is 0 Å². The first-order valence-corrected chi connectivity index (χ1v) is 5.73. The molecule has 1 aromatic carbocycles. The Labute approximate surface area is 94.1 Å². The van der Waals surface area contributed by atoms with Gasteiger partial charge in [-0.3, -0.25) is 4.90 Å². The first-order valence-electron chi connectivity index (χ1n) is 5.73. The monoisotopic (exact) mass is 205 g/mol. The highest BCUT2D eigenvalue weighted by molar-refractivity contribution is 5.25. The standard InChI is InChI=1S/C14H23N/c1-6-14(3,4)15(5)11-13-10-8-7-9-12(13)2/h7-10H,6,11H2,1-5H3. The molecule has 0 atom stereocenters. The number of aryl methyl sites for hydroxylation is 1. The van der Waals surface area contributed by atoms with Gasteiger partial charge >= 0.3 is 0 Å².